The van der Waals surface area contributed by atoms with E-state index in [1.54, 1.807) is 6.20 Å². The summed E-state index contributed by atoms with van der Waals surface area (Å²) in [6.45, 7) is 0. The Morgan fingerprint density at radius 2 is 1.82 bits per heavy atom. The molecule has 0 saturated carbocycles. The number of benzene rings is 2. The third-order valence-electron chi connectivity index (χ3n) is 3.65. The second-order valence-electron chi connectivity index (χ2n) is 5.03. The molecule has 0 saturated heterocycles. The van der Waals surface area contributed by atoms with Crippen LogP contribution in [0.25, 0.3) is 27.6 Å². The molecule has 22 heavy (non-hydrogen) atoms. The van der Waals surface area contributed by atoms with Gasteiger partial charge in [0.05, 0.1) is 22.2 Å². The molecule has 0 atom stereocenters. The number of nitrogens with zero attached hydrogens (tertiary/aromatic N) is 3. The van der Waals surface area contributed by atoms with Crippen molar-refractivity contribution in [1.29, 1.82) is 5.41 Å². The molecule has 3 N–H and O–H groups in total. The van der Waals surface area contributed by atoms with Crippen molar-refractivity contribution >= 4 is 27.8 Å². The smallest absolute Gasteiger partial charge is 0.180 e. The molecule has 106 valence electrons. The highest BCUT2D eigenvalue weighted by Crippen LogP contribution is 2.26. The molecule has 0 amide bonds. The minimum Gasteiger partial charge on any atom is -0.381 e. The molecule has 4 aromatic rings. The number of amidine groups is 1. The summed E-state index contributed by atoms with van der Waals surface area (Å²) in [6.07, 6.45) is 1.76. The first kappa shape index (κ1) is 12.5. The predicted octanol–water partition coefficient (Wildman–Crippen LogP) is 2.86. The van der Waals surface area contributed by atoms with E-state index in [4.69, 9.17) is 11.1 Å². The molecular formula is C17H13N5. The number of nitrogens with two attached hydrogens (primary N) is 1. The van der Waals surface area contributed by atoms with Gasteiger partial charge in [0.25, 0.3) is 0 Å². The van der Waals surface area contributed by atoms with Gasteiger partial charge < -0.3 is 5.73 Å². The van der Waals surface area contributed by atoms with Crippen molar-refractivity contribution in [3.63, 3.8) is 0 Å². The molecule has 0 spiro atoms. The standard InChI is InChI=1S/C17H13N5/c18-16(19)17-21-12-7-1-2-8-13(12)22(17)14-9-3-5-11-6-4-10-20-15(11)14/h1-10H,(H3,18,19). The normalized spacial score (nSPS) is 11.1. The lowest BCUT2D eigenvalue weighted by molar-refractivity contribution is 1.06. The van der Waals surface area contributed by atoms with E-state index in [-0.39, 0.29) is 5.84 Å². The van der Waals surface area contributed by atoms with Crippen LogP contribution in [0, 0.1) is 5.41 Å². The third kappa shape index (κ3) is 1.76. The van der Waals surface area contributed by atoms with Gasteiger partial charge in [-0.25, -0.2) is 4.98 Å². The Bertz CT molecular complexity index is 1010. The summed E-state index contributed by atoms with van der Waals surface area (Å²) in [5.74, 6) is 0.364. The van der Waals surface area contributed by atoms with Gasteiger partial charge in [-0.1, -0.05) is 30.3 Å². The molecular weight excluding hydrogens is 274 g/mol. The lowest BCUT2D eigenvalue weighted by Gasteiger charge is -2.10. The fourth-order valence-electron chi connectivity index (χ4n) is 2.72. The fraction of sp³-hybridized carbons (Fsp3) is 0. The lowest BCUT2D eigenvalue weighted by Crippen LogP contribution is -2.17. The van der Waals surface area contributed by atoms with Gasteiger partial charge in [0, 0.05) is 11.6 Å². The Labute approximate surface area is 126 Å². The van der Waals surface area contributed by atoms with E-state index in [1.807, 2.05) is 59.2 Å². The van der Waals surface area contributed by atoms with Crippen LogP contribution in [0.1, 0.15) is 5.82 Å². The average molecular weight is 287 g/mol. The topological polar surface area (TPSA) is 80.6 Å². The molecule has 0 bridgehead atoms. The summed E-state index contributed by atoms with van der Waals surface area (Å²) < 4.78 is 1.90. The van der Waals surface area contributed by atoms with Gasteiger partial charge in [0.2, 0.25) is 0 Å². The minimum absolute atomic E-state index is 0.0656. The van der Waals surface area contributed by atoms with Crippen molar-refractivity contribution < 1.29 is 0 Å². The second kappa shape index (κ2) is 4.66. The number of hydrogen-bond acceptors (Lipinski definition) is 3. The van der Waals surface area contributed by atoms with Crippen LogP contribution < -0.4 is 5.73 Å². The number of nitrogen functional groups attached to an aromatic ring is 1. The molecule has 2 aromatic carbocycles. The summed E-state index contributed by atoms with van der Waals surface area (Å²) in [5.41, 5.74) is 9.18. The number of hydrogen-bond donors (Lipinski definition) is 2. The Balaban J connectivity index is 2.16. The van der Waals surface area contributed by atoms with Gasteiger partial charge >= 0.3 is 0 Å². The van der Waals surface area contributed by atoms with Crippen molar-refractivity contribution in [2.24, 2.45) is 5.73 Å². The van der Waals surface area contributed by atoms with Crippen molar-refractivity contribution in [1.82, 2.24) is 14.5 Å². The number of imidazole rings is 1. The zero-order chi connectivity index (χ0) is 15.1. The maximum absolute atomic E-state index is 7.84. The van der Waals surface area contributed by atoms with Gasteiger partial charge in [-0.05, 0) is 24.3 Å². The summed E-state index contributed by atoms with van der Waals surface area (Å²) in [6, 6.07) is 17.6. The van der Waals surface area contributed by atoms with Gasteiger partial charge in [-0.15, -0.1) is 0 Å². The largest absolute Gasteiger partial charge is 0.381 e. The van der Waals surface area contributed by atoms with Gasteiger partial charge in [-0.2, -0.15) is 0 Å². The average Bonchev–Trinajstić information content (AvgIpc) is 2.94. The van der Waals surface area contributed by atoms with E-state index < -0.39 is 0 Å². The molecule has 5 nitrogen and oxygen atoms in total. The van der Waals surface area contributed by atoms with E-state index in [9.17, 15) is 0 Å². The molecule has 0 aliphatic rings. The van der Waals surface area contributed by atoms with Gasteiger partial charge in [0.1, 0.15) is 0 Å². The highest BCUT2D eigenvalue weighted by atomic mass is 15.1. The van der Waals surface area contributed by atoms with Gasteiger partial charge in [0.15, 0.2) is 11.7 Å². The van der Waals surface area contributed by atoms with Crippen LogP contribution in [0.5, 0.6) is 0 Å². The molecule has 4 rings (SSSR count). The summed E-state index contributed by atoms with van der Waals surface area (Å²) >= 11 is 0. The molecule has 2 aromatic heterocycles. The zero-order valence-electron chi connectivity index (χ0n) is 11.7. The molecule has 5 heteroatoms. The Kier molecular flexibility index (Phi) is 2.66. The van der Waals surface area contributed by atoms with E-state index in [2.05, 4.69) is 9.97 Å². The van der Waals surface area contributed by atoms with Crippen LogP contribution in [0.15, 0.2) is 60.8 Å². The number of para-hydroxylation sites is 3. The summed E-state index contributed by atoms with van der Waals surface area (Å²) in [4.78, 5) is 8.97. The number of rotatable bonds is 2. The highest BCUT2D eigenvalue weighted by Gasteiger charge is 2.16. The zero-order valence-corrected chi connectivity index (χ0v) is 11.7. The van der Waals surface area contributed by atoms with E-state index in [1.165, 1.54) is 0 Å². The Morgan fingerprint density at radius 1 is 1.00 bits per heavy atom. The highest BCUT2D eigenvalue weighted by molar-refractivity contribution is 5.98. The summed E-state index contributed by atoms with van der Waals surface area (Å²) in [5, 5.41) is 8.87. The first-order chi connectivity index (χ1) is 10.8. The maximum Gasteiger partial charge on any atom is 0.180 e. The monoisotopic (exact) mass is 287 g/mol. The first-order valence-corrected chi connectivity index (χ1v) is 6.92. The predicted molar refractivity (Wildman–Crippen MR) is 87.4 cm³/mol. The van der Waals surface area contributed by atoms with Crippen molar-refractivity contribution in [3.05, 3.63) is 66.6 Å². The van der Waals surface area contributed by atoms with Gasteiger partial charge in [-0.3, -0.25) is 15.0 Å². The molecule has 0 aliphatic heterocycles. The number of aromatic nitrogens is 3. The van der Waals surface area contributed by atoms with Crippen LogP contribution in [-0.4, -0.2) is 20.4 Å². The van der Waals surface area contributed by atoms with Crippen molar-refractivity contribution in [3.8, 4) is 5.69 Å². The molecule has 0 fully saturated rings. The molecule has 0 aliphatic carbocycles. The lowest BCUT2D eigenvalue weighted by atomic mass is 10.2. The Morgan fingerprint density at radius 3 is 2.68 bits per heavy atom. The maximum atomic E-state index is 7.84. The van der Waals surface area contributed by atoms with E-state index in [0.717, 1.165) is 27.6 Å². The first-order valence-electron chi connectivity index (χ1n) is 6.92. The quantitative estimate of drug-likeness (QED) is 0.439. The van der Waals surface area contributed by atoms with E-state index in [0.29, 0.717) is 5.82 Å². The molecule has 0 unspecified atom stereocenters. The SMILES string of the molecule is N=C(N)c1nc2ccccc2n1-c1cccc2cccnc12. The summed E-state index contributed by atoms with van der Waals surface area (Å²) in [7, 11) is 0. The van der Waals surface area contributed by atoms with Crippen molar-refractivity contribution in [2.45, 2.75) is 0 Å². The molecule has 2 heterocycles. The van der Waals surface area contributed by atoms with Crippen LogP contribution in [0.4, 0.5) is 0 Å². The number of pyridine rings is 1. The van der Waals surface area contributed by atoms with Crippen LogP contribution >= 0.6 is 0 Å². The van der Waals surface area contributed by atoms with Crippen LogP contribution in [0.3, 0.4) is 0 Å². The minimum atomic E-state index is -0.0656. The van der Waals surface area contributed by atoms with Crippen LogP contribution in [0.2, 0.25) is 0 Å². The third-order valence-corrected chi connectivity index (χ3v) is 3.65. The second-order valence-corrected chi connectivity index (χ2v) is 5.03. The van der Waals surface area contributed by atoms with Crippen LogP contribution in [-0.2, 0) is 0 Å². The van der Waals surface area contributed by atoms with Crippen molar-refractivity contribution in [2.75, 3.05) is 0 Å². The number of nitrogens with one attached hydrogen (secondary N) is 1. The van der Waals surface area contributed by atoms with E-state index >= 15 is 0 Å². The Hall–Kier alpha value is -3.21. The fourth-order valence-corrected chi connectivity index (χ4v) is 2.72. The number of fused-ring (bicyclic) bond motifs is 2. The molecule has 0 radical (unpaired) electrons.